The summed E-state index contributed by atoms with van der Waals surface area (Å²) in [6, 6.07) is 31.0. The molecule has 6 aromatic rings. The Bertz CT molecular complexity index is 1810. The van der Waals surface area contributed by atoms with Crippen LogP contribution in [0.2, 0.25) is 0 Å². The maximum atomic E-state index is 13.3. The van der Waals surface area contributed by atoms with Crippen molar-refractivity contribution < 1.29 is 4.42 Å². The first-order chi connectivity index (χ1) is 17.5. The molecule has 0 fully saturated rings. The zero-order valence-corrected chi connectivity index (χ0v) is 20.0. The minimum atomic E-state index is -0.281. The van der Waals surface area contributed by atoms with Crippen molar-refractivity contribution >= 4 is 44.9 Å². The predicted molar refractivity (Wildman–Crippen MR) is 147 cm³/mol. The largest absolute Gasteiger partial charge is 0.440 e. The lowest BCUT2D eigenvalue weighted by atomic mass is 9.99. The van der Waals surface area contributed by atoms with Crippen LogP contribution < -0.4 is 21.0 Å². The Kier molecular flexibility index (Phi) is 5.15. The third-order valence-corrected chi connectivity index (χ3v) is 6.72. The first kappa shape index (κ1) is 21.8. The highest BCUT2D eigenvalue weighted by molar-refractivity contribution is 6.09. The van der Waals surface area contributed by atoms with Crippen LogP contribution in [0.3, 0.4) is 0 Å². The molecule has 1 heterocycles. The number of hydrogen-bond acceptors (Lipinski definition) is 4. The maximum absolute atomic E-state index is 13.3. The van der Waals surface area contributed by atoms with Gasteiger partial charge in [0.15, 0.2) is 10.9 Å². The molecule has 1 aromatic heterocycles. The van der Waals surface area contributed by atoms with Crippen molar-refractivity contribution in [3.8, 4) is 0 Å². The standard InChI is InChI=1S/C32H23NO3/c1-20-9-3-5-15-27(20)33(28-16-6-4-10-21(28)2)29-18-17-23(36-29)19-26-31(34)24-13-7-11-22-12-8-14-25(30(22)24)32(26)35/h3-19H,1-2H3. The number of furan rings is 1. The van der Waals surface area contributed by atoms with Gasteiger partial charge in [-0.05, 0) is 54.6 Å². The normalized spacial score (nSPS) is 11.3. The van der Waals surface area contributed by atoms with Crippen molar-refractivity contribution in [2.45, 2.75) is 13.8 Å². The molecule has 174 valence electrons. The summed E-state index contributed by atoms with van der Waals surface area (Å²) < 4.78 is 6.27. The van der Waals surface area contributed by atoms with E-state index < -0.39 is 0 Å². The molecule has 0 unspecified atom stereocenters. The van der Waals surface area contributed by atoms with E-state index in [0.717, 1.165) is 33.3 Å². The molecule has 6 rings (SSSR count). The van der Waals surface area contributed by atoms with Crippen LogP contribution in [0.5, 0.6) is 0 Å². The highest BCUT2D eigenvalue weighted by Gasteiger charge is 2.19. The minimum Gasteiger partial charge on any atom is -0.440 e. The molecule has 0 amide bonds. The van der Waals surface area contributed by atoms with Crippen LogP contribution >= 0.6 is 0 Å². The van der Waals surface area contributed by atoms with Gasteiger partial charge in [0.05, 0.1) is 16.6 Å². The van der Waals surface area contributed by atoms with Crippen LogP contribution in [-0.4, -0.2) is 0 Å². The molecule has 0 saturated heterocycles. The molecule has 0 aliphatic heterocycles. The number of benzene rings is 5. The smallest absolute Gasteiger partial charge is 0.205 e. The summed E-state index contributed by atoms with van der Waals surface area (Å²) >= 11 is 0. The number of nitrogens with zero attached hydrogens (tertiary/aromatic N) is 1. The average molecular weight is 470 g/mol. The molecular weight excluding hydrogens is 446 g/mol. The zero-order chi connectivity index (χ0) is 24.8. The lowest BCUT2D eigenvalue weighted by molar-refractivity contribution is 0.563. The second kappa shape index (κ2) is 8.51. The quantitative estimate of drug-likeness (QED) is 0.301. The molecular formula is C32H23NO3. The number of para-hydroxylation sites is 2. The van der Waals surface area contributed by atoms with Crippen molar-refractivity contribution in [3.05, 3.63) is 140 Å². The molecule has 5 aromatic carbocycles. The fourth-order valence-electron chi connectivity index (χ4n) is 4.92. The summed E-state index contributed by atoms with van der Waals surface area (Å²) in [5.74, 6) is 1.05. The van der Waals surface area contributed by atoms with Gasteiger partial charge < -0.3 is 4.42 Å². The number of anilines is 3. The Labute approximate surface area is 207 Å². The molecule has 0 bridgehead atoms. The van der Waals surface area contributed by atoms with Crippen LogP contribution in [0, 0.1) is 13.8 Å². The van der Waals surface area contributed by atoms with Gasteiger partial charge in [-0.25, -0.2) is 0 Å². The maximum Gasteiger partial charge on any atom is 0.205 e. The summed E-state index contributed by atoms with van der Waals surface area (Å²) in [6.45, 7) is 4.12. The van der Waals surface area contributed by atoms with E-state index in [4.69, 9.17) is 4.42 Å². The molecule has 4 heteroatoms. The van der Waals surface area contributed by atoms with E-state index in [9.17, 15) is 9.59 Å². The van der Waals surface area contributed by atoms with Crippen molar-refractivity contribution in [1.29, 1.82) is 0 Å². The fraction of sp³-hybridized carbons (Fsp3) is 0.0625. The topological polar surface area (TPSA) is 50.5 Å². The van der Waals surface area contributed by atoms with Gasteiger partial charge in [-0.3, -0.25) is 14.5 Å². The third-order valence-electron chi connectivity index (χ3n) is 6.72. The summed E-state index contributed by atoms with van der Waals surface area (Å²) in [5, 5.41) is 2.81. The molecule has 36 heavy (non-hydrogen) atoms. The van der Waals surface area contributed by atoms with E-state index >= 15 is 0 Å². The van der Waals surface area contributed by atoms with E-state index in [1.54, 1.807) is 24.3 Å². The van der Waals surface area contributed by atoms with Crippen LogP contribution in [0.4, 0.5) is 17.3 Å². The molecule has 0 aliphatic carbocycles. The van der Waals surface area contributed by atoms with Crippen LogP contribution in [0.25, 0.3) is 27.6 Å². The van der Waals surface area contributed by atoms with Gasteiger partial charge in [-0.1, -0.05) is 72.8 Å². The van der Waals surface area contributed by atoms with Gasteiger partial charge in [-0.15, -0.1) is 0 Å². The van der Waals surface area contributed by atoms with Crippen molar-refractivity contribution in [2.24, 2.45) is 0 Å². The minimum absolute atomic E-state index is 0.112. The monoisotopic (exact) mass is 469 g/mol. The highest BCUT2D eigenvalue weighted by Crippen LogP contribution is 2.38. The van der Waals surface area contributed by atoms with Gasteiger partial charge >= 0.3 is 0 Å². The second-order valence-electron chi connectivity index (χ2n) is 9.01. The lowest BCUT2D eigenvalue weighted by Gasteiger charge is -2.25. The van der Waals surface area contributed by atoms with Crippen molar-refractivity contribution in [3.63, 3.8) is 0 Å². The predicted octanol–water partition coefficient (Wildman–Crippen LogP) is 6.38. The Morgan fingerprint density at radius 3 is 1.75 bits per heavy atom. The second-order valence-corrected chi connectivity index (χ2v) is 9.01. The summed E-state index contributed by atoms with van der Waals surface area (Å²) in [5.41, 5.74) is 3.61. The van der Waals surface area contributed by atoms with Gasteiger partial charge in [0, 0.05) is 22.2 Å². The fourth-order valence-corrected chi connectivity index (χ4v) is 4.92. The van der Waals surface area contributed by atoms with Gasteiger partial charge in [-0.2, -0.15) is 0 Å². The summed E-state index contributed by atoms with van der Waals surface area (Å²) in [4.78, 5) is 28.8. The number of hydrogen-bond donors (Lipinski definition) is 0. The van der Waals surface area contributed by atoms with Crippen LogP contribution in [0.1, 0.15) is 16.9 Å². The first-order valence-electron chi connectivity index (χ1n) is 11.9. The molecule has 0 atom stereocenters. The van der Waals surface area contributed by atoms with Crippen molar-refractivity contribution in [2.75, 3.05) is 4.90 Å². The number of aryl methyl sites for hydroxylation is 2. The molecule has 0 saturated carbocycles. The van der Waals surface area contributed by atoms with E-state index in [1.807, 2.05) is 66.7 Å². The third kappa shape index (κ3) is 3.46. The SMILES string of the molecule is Cc1ccccc1N(c1ccc(C=c2c(=O)c3cccc4cccc(c2=O)c43)o1)c1ccccc1C. The first-order valence-corrected chi connectivity index (χ1v) is 11.9. The molecule has 0 N–H and O–H groups in total. The van der Waals surface area contributed by atoms with Crippen molar-refractivity contribution in [1.82, 2.24) is 0 Å². The Morgan fingerprint density at radius 1 is 0.639 bits per heavy atom. The Morgan fingerprint density at radius 2 is 1.19 bits per heavy atom. The molecule has 0 aliphatic rings. The number of rotatable bonds is 4. The van der Waals surface area contributed by atoms with Crippen LogP contribution in [-0.2, 0) is 0 Å². The summed E-state index contributed by atoms with van der Waals surface area (Å²) in [6.07, 6.45) is 1.57. The van der Waals surface area contributed by atoms with Gasteiger partial charge in [0.2, 0.25) is 5.88 Å². The summed E-state index contributed by atoms with van der Waals surface area (Å²) in [7, 11) is 0. The highest BCUT2D eigenvalue weighted by atomic mass is 16.4. The molecule has 0 spiro atoms. The lowest BCUT2D eigenvalue weighted by Crippen LogP contribution is -2.38. The van der Waals surface area contributed by atoms with E-state index in [0.29, 0.717) is 22.4 Å². The Hall–Kier alpha value is -4.70. The molecule has 0 radical (unpaired) electrons. The van der Waals surface area contributed by atoms with E-state index in [1.165, 1.54) is 0 Å². The average Bonchev–Trinajstić information content (AvgIpc) is 3.35. The van der Waals surface area contributed by atoms with E-state index in [2.05, 4.69) is 30.9 Å². The van der Waals surface area contributed by atoms with E-state index in [-0.39, 0.29) is 16.1 Å². The molecule has 4 nitrogen and oxygen atoms in total. The van der Waals surface area contributed by atoms with Crippen LogP contribution in [0.15, 0.2) is 111 Å². The van der Waals surface area contributed by atoms with Gasteiger partial charge in [0.1, 0.15) is 5.76 Å². The Balaban J connectivity index is 1.56. The zero-order valence-electron chi connectivity index (χ0n) is 20.0. The van der Waals surface area contributed by atoms with Gasteiger partial charge in [0.25, 0.3) is 0 Å².